The van der Waals surface area contributed by atoms with Gasteiger partial charge in [-0.15, -0.1) is 0 Å². The van der Waals surface area contributed by atoms with Crippen LogP contribution in [0.3, 0.4) is 0 Å². The number of carbonyl (C=O) groups is 1. The average Bonchev–Trinajstić information content (AvgIpc) is 1.77. The third-order valence-electron chi connectivity index (χ3n) is 0.748. The summed E-state index contributed by atoms with van der Waals surface area (Å²) >= 11 is 0. The molecule has 0 spiro atoms. The third-order valence-corrected chi connectivity index (χ3v) is 0.748. The van der Waals surface area contributed by atoms with Gasteiger partial charge < -0.3 is 0 Å². The first-order valence-corrected chi connectivity index (χ1v) is 2.12. The molecular weight excluding hydrogens is 88.1 g/mol. The van der Waals surface area contributed by atoms with Crippen LogP contribution >= 0.6 is 0 Å². The zero-order valence-electron chi connectivity index (χ0n) is 9.82. The van der Waals surface area contributed by atoms with E-state index in [9.17, 15) is 4.79 Å². The summed E-state index contributed by atoms with van der Waals surface area (Å²) in [5.74, 6) is -1.14. The van der Waals surface area contributed by atoms with Crippen LogP contribution in [-0.4, -0.2) is 5.78 Å². The Hall–Kier alpha value is -0.330. The SMILES string of the molecule is [2H]C1([2H])CC([2H])([2H])C(=O)C([2H])([2H])C1. The highest BCUT2D eigenvalue weighted by molar-refractivity contribution is 5.78. The topological polar surface area (TPSA) is 17.1 Å². The summed E-state index contributed by atoms with van der Waals surface area (Å²) in [6, 6.07) is 0. The second-order valence-corrected chi connectivity index (χ2v) is 1.29. The van der Waals surface area contributed by atoms with Crippen LogP contribution in [0, 0.1) is 0 Å². The molecular formula is C6H10O. The van der Waals surface area contributed by atoms with E-state index in [-0.39, 0.29) is 0 Å². The highest BCUT2D eigenvalue weighted by Crippen LogP contribution is 2.12. The molecule has 1 saturated carbocycles. The van der Waals surface area contributed by atoms with Gasteiger partial charge in [0.15, 0.2) is 0 Å². The van der Waals surface area contributed by atoms with E-state index in [4.69, 9.17) is 8.22 Å². The third kappa shape index (κ3) is 1.30. The fraction of sp³-hybridized carbons (Fsp3) is 0.833. The van der Waals surface area contributed by atoms with Crippen molar-refractivity contribution in [1.29, 1.82) is 0 Å². The van der Waals surface area contributed by atoms with Gasteiger partial charge in [-0.25, -0.2) is 0 Å². The van der Waals surface area contributed by atoms with Crippen molar-refractivity contribution in [1.82, 2.24) is 0 Å². The molecule has 40 valence electrons. The summed E-state index contributed by atoms with van der Waals surface area (Å²) < 4.78 is 43.2. The first-order chi connectivity index (χ1) is 5.57. The van der Waals surface area contributed by atoms with E-state index in [1.54, 1.807) is 0 Å². The molecule has 0 bridgehead atoms. The quantitative estimate of drug-likeness (QED) is 0.455. The minimum Gasteiger partial charge on any atom is -0.300 e. The molecule has 1 nitrogen and oxygen atoms in total. The minimum atomic E-state index is -2.38. The molecule has 0 heterocycles. The van der Waals surface area contributed by atoms with E-state index in [2.05, 4.69) is 0 Å². The van der Waals surface area contributed by atoms with Gasteiger partial charge in [0.2, 0.25) is 0 Å². The van der Waals surface area contributed by atoms with Crippen molar-refractivity contribution in [3.63, 3.8) is 0 Å². The van der Waals surface area contributed by atoms with Gasteiger partial charge in [-0.2, -0.15) is 0 Å². The summed E-state index contributed by atoms with van der Waals surface area (Å²) in [6.07, 6.45) is -7.83. The summed E-state index contributed by atoms with van der Waals surface area (Å²) in [5, 5.41) is 0. The monoisotopic (exact) mass is 104 g/mol. The Kier molecular flexibility index (Phi) is 0.401. The number of hydrogen-bond acceptors (Lipinski definition) is 1. The molecule has 1 aliphatic carbocycles. The number of hydrogen-bond donors (Lipinski definition) is 0. The van der Waals surface area contributed by atoms with Crippen LogP contribution in [0.4, 0.5) is 0 Å². The van der Waals surface area contributed by atoms with Crippen molar-refractivity contribution in [2.45, 2.75) is 32.0 Å². The molecule has 0 N–H and O–H groups in total. The van der Waals surface area contributed by atoms with Crippen LogP contribution in [0.2, 0.25) is 0 Å². The van der Waals surface area contributed by atoms with E-state index in [1.165, 1.54) is 0 Å². The molecule has 1 fully saturated rings. The van der Waals surface area contributed by atoms with E-state index in [0.717, 1.165) is 0 Å². The Morgan fingerprint density at radius 3 is 2.57 bits per heavy atom. The van der Waals surface area contributed by atoms with Crippen LogP contribution in [-0.2, 0) is 4.79 Å². The number of rotatable bonds is 0. The molecule has 0 radical (unpaired) electrons. The number of ketones is 1. The van der Waals surface area contributed by atoms with Crippen LogP contribution in [0.15, 0.2) is 0 Å². The molecule has 0 saturated heterocycles. The lowest BCUT2D eigenvalue weighted by Crippen LogP contribution is -2.02. The van der Waals surface area contributed by atoms with Crippen molar-refractivity contribution in [2.24, 2.45) is 0 Å². The van der Waals surface area contributed by atoms with Crippen molar-refractivity contribution in [3.05, 3.63) is 0 Å². The molecule has 0 amide bonds. The average molecular weight is 104 g/mol. The molecule has 0 aromatic carbocycles. The highest BCUT2D eigenvalue weighted by Gasteiger charge is 2.05. The fourth-order valence-corrected chi connectivity index (χ4v) is 0.411. The first kappa shape index (κ1) is 1.34. The van der Waals surface area contributed by atoms with Gasteiger partial charge in [-0.05, 0) is 12.8 Å². The fourth-order valence-electron chi connectivity index (χ4n) is 0.411. The number of Topliss-reactive ketones (excluding diaryl/α,β-unsaturated/α-hetero) is 1. The largest absolute Gasteiger partial charge is 0.300 e. The smallest absolute Gasteiger partial charge is 0.132 e. The van der Waals surface area contributed by atoms with Crippen molar-refractivity contribution >= 4 is 5.78 Å². The van der Waals surface area contributed by atoms with Crippen LogP contribution < -0.4 is 0 Å². The van der Waals surface area contributed by atoms with E-state index in [0.29, 0.717) is 0 Å². The minimum absolute atomic E-state index is 0.557. The maximum absolute atomic E-state index is 11.1. The number of carbonyl (C=O) groups excluding carboxylic acids is 1. The Balaban J connectivity index is 3.03. The predicted octanol–water partition coefficient (Wildman–Crippen LogP) is 1.52. The molecule has 7 heavy (non-hydrogen) atoms. The Morgan fingerprint density at radius 1 is 1.43 bits per heavy atom. The molecule has 1 aliphatic rings. The van der Waals surface area contributed by atoms with E-state index < -0.39 is 37.7 Å². The first-order valence-electron chi connectivity index (χ1n) is 5.12. The molecule has 1 heteroatoms. The van der Waals surface area contributed by atoms with Gasteiger partial charge >= 0.3 is 0 Å². The van der Waals surface area contributed by atoms with Gasteiger partial charge in [-0.1, -0.05) is 6.37 Å². The van der Waals surface area contributed by atoms with Gasteiger partial charge in [0.25, 0.3) is 0 Å². The normalized spacial score (nSPS) is 56.9. The molecule has 0 atom stereocenters. The Bertz CT molecular complexity index is 224. The van der Waals surface area contributed by atoms with E-state index >= 15 is 0 Å². The predicted molar refractivity (Wildman–Crippen MR) is 28.1 cm³/mol. The maximum atomic E-state index is 11.1. The zero-order valence-corrected chi connectivity index (χ0v) is 3.82. The van der Waals surface area contributed by atoms with Gasteiger partial charge in [-0.3, -0.25) is 4.79 Å². The Labute approximate surface area is 52.1 Å². The van der Waals surface area contributed by atoms with Gasteiger partial charge in [0.05, 0.1) is 0 Å². The van der Waals surface area contributed by atoms with Crippen LogP contribution in [0.1, 0.15) is 40.2 Å². The second-order valence-electron chi connectivity index (χ2n) is 1.29. The van der Waals surface area contributed by atoms with Crippen molar-refractivity contribution < 1.29 is 13.0 Å². The summed E-state index contributed by atoms with van der Waals surface area (Å²) in [6.45, 7) is 0. The summed E-state index contributed by atoms with van der Waals surface area (Å²) in [5.41, 5.74) is 0. The lowest BCUT2D eigenvalue weighted by atomic mass is 10.00. The lowest BCUT2D eigenvalue weighted by Gasteiger charge is -2.05. The molecule has 0 aromatic rings. The van der Waals surface area contributed by atoms with Crippen molar-refractivity contribution in [3.8, 4) is 0 Å². The summed E-state index contributed by atoms with van der Waals surface area (Å²) in [7, 11) is 0. The zero-order chi connectivity index (χ0) is 10.5. The molecule has 0 aliphatic heterocycles. The van der Waals surface area contributed by atoms with Crippen LogP contribution in [0.25, 0.3) is 0 Å². The van der Waals surface area contributed by atoms with Crippen LogP contribution in [0.5, 0.6) is 0 Å². The second kappa shape index (κ2) is 2.10. The maximum Gasteiger partial charge on any atom is 0.132 e. The molecule has 0 unspecified atom stereocenters. The molecule has 1 rings (SSSR count). The highest BCUT2D eigenvalue weighted by atomic mass is 16.1. The standard InChI is InChI=1S/C6H10O/c7-6-4-2-1-3-5-6/h1-5H2/i1D2,4D2,5D2. The van der Waals surface area contributed by atoms with E-state index in [1.807, 2.05) is 0 Å². The lowest BCUT2D eigenvalue weighted by molar-refractivity contribution is -0.120. The van der Waals surface area contributed by atoms with Gasteiger partial charge in [0, 0.05) is 21.0 Å². The Morgan fingerprint density at radius 2 is 2.00 bits per heavy atom. The van der Waals surface area contributed by atoms with Crippen molar-refractivity contribution in [2.75, 3.05) is 0 Å². The molecule has 0 aromatic heterocycles. The van der Waals surface area contributed by atoms with Gasteiger partial charge in [0.1, 0.15) is 5.78 Å². The summed E-state index contributed by atoms with van der Waals surface area (Å²) in [4.78, 5) is 11.1.